The molecule has 0 fully saturated rings. The Labute approximate surface area is 317 Å². The molecule has 2 aromatic heterocycles. The Hall–Kier alpha value is -7.36. The molecule has 0 aliphatic heterocycles. The summed E-state index contributed by atoms with van der Waals surface area (Å²) in [4.78, 5) is 2.41. The summed E-state index contributed by atoms with van der Waals surface area (Å²) < 4.78 is 12.9. The predicted octanol–water partition coefficient (Wildman–Crippen LogP) is 15.1. The Bertz CT molecular complexity index is 3220. The smallest absolute Gasteiger partial charge is 0.137 e. The first-order valence-electron chi connectivity index (χ1n) is 18.7. The zero-order valence-electron chi connectivity index (χ0n) is 29.8. The molecule has 0 amide bonds. The van der Waals surface area contributed by atoms with Crippen LogP contribution < -0.4 is 4.90 Å². The normalized spacial score (nSPS) is 11.6. The van der Waals surface area contributed by atoms with Crippen LogP contribution in [0.15, 0.2) is 209 Å². The van der Waals surface area contributed by atoms with Gasteiger partial charge in [-0.2, -0.15) is 0 Å². The number of hydrogen-bond acceptors (Lipinski definition) is 3. The summed E-state index contributed by atoms with van der Waals surface area (Å²) in [5.41, 5.74) is 13.5. The number of anilines is 3. The number of benzene rings is 9. The van der Waals surface area contributed by atoms with Crippen molar-refractivity contribution in [3.8, 4) is 33.4 Å². The summed E-state index contributed by atoms with van der Waals surface area (Å²) in [5, 5.41) is 6.83. The highest BCUT2D eigenvalue weighted by Crippen LogP contribution is 2.49. The van der Waals surface area contributed by atoms with Gasteiger partial charge >= 0.3 is 0 Å². The van der Waals surface area contributed by atoms with Crippen LogP contribution in [-0.2, 0) is 0 Å². The molecule has 0 bridgehead atoms. The summed E-state index contributed by atoms with van der Waals surface area (Å²) in [5.74, 6) is 0. The van der Waals surface area contributed by atoms with Crippen molar-refractivity contribution in [3.63, 3.8) is 0 Å². The Kier molecular flexibility index (Phi) is 7.17. The van der Waals surface area contributed by atoms with Gasteiger partial charge in [0, 0.05) is 44.4 Å². The van der Waals surface area contributed by atoms with Gasteiger partial charge in [-0.3, -0.25) is 0 Å². The molecular weight excluding hydrogens is 671 g/mol. The minimum atomic E-state index is 0.845. The van der Waals surface area contributed by atoms with Gasteiger partial charge in [-0.15, -0.1) is 0 Å². The van der Waals surface area contributed by atoms with E-state index in [0.29, 0.717) is 0 Å². The van der Waals surface area contributed by atoms with E-state index in [0.717, 1.165) is 77.6 Å². The fourth-order valence-electron chi connectivity index (χ4n) is 8.48. The lowest BCUT2D eigenvalue weighted by Gasteiger charge is -2.30. The van der Waals surface area contributed by atoms with Crippen LogP contribution in [0.1, 0.15) is 0 Å². The number of nitrogens with zero attached hydrogens (tertiary/aromatic N) is 1. The minimum absolute atomic E-state index is 0.845. The van der Waals surface area contributed by atoms with Crippen molar-refractivity contribution in [2.75, 3.05) is 4.90 Å². The lowest BCUT2D eigenvalue weighted by Crippen LogP contribution is -2.12. The topological polar surface area (TPSA) is 29.5 Å². The third-order valence-corrected chi connectivity index (χ3v) is 10.9. The van der Waals surface area contributed by atoms with Gasteiger partial charge in [-0.25, -0.2) is 0 Å². The third kappa shape index (κ3) is 5.05. The van der Waals surface area contributed by atoms with E-state index >= 15 is 0 Å². The van der Waals surface area contributed by atoms with Crippen molar-refractivity contribution in [3.05, 3.63) is 200 Å². The molecule has 0 spiro atoms. The molecule has 258 valence electrons. The van der Waals surface area contributed by atoms with Crippen LogP contribution in [0, 0.1) is 0 Å². The fraction of sp³-hybridized carbons (Fsp3) is 0. The Morgan fingerprint density at radius 3 is 1.56 bits per heavy atom. The quantitative estimate of drug-likeness (QED) is 0.173. The Morgan fingerprint density at radius 2 is 0.818 bits per heavy atom. The van der Waals surface area contributed by atoms with E-state index in [1.807, 2.05) is 24.3 Å². The molecule has 55 heavy (non-hydrogen) atoms. The van der Waals surface area contributed by atoms with Gasteiger partial charge in [-0.1, -0.05) is 152 Å². The van der Waals surface area contributed by atoms with Gasteiger partial charge in [0.15, 0.2) is 0 Å². The molecule has 0 saturated heterocycles. The van der Waals surface area contributed by atoms with Crippen molar-refractivity contribution in [1.29, 1.82) is 0 Å². The van der Waals surface area contributed by atoms with Crippen molar-refractivity contribution >= 4 is 71.7 Å². The maximum absolute atomic E-state index is 6.52. The van der Waals surface area contributed by atoms with Crippen molar-refractivity contribution in [2.45, 2.75) is 0 Å². The van der Waals surface area contributed by atoms with Crippen LogP contribution in [0.4, 0.5) is 17.1 Å². The molecule has 3 heteroatoms. The SMILES string of the molecule is c1ccc(-c2cccc3cccc(-c4ccccc4N(c4ccc5c(c4)oc4ccccc45)c4ccccc4-c4cccc5oc6ccccc6c45)c23)cc1. The first kappa shape index (κ1) is 31.2. The molecule has 11 rings (SSSR count). The number of rotatable bonds is 6. The van der Waals surface area contributed by atoms with Gasteiger partial charge in [-0.05, 0) is 75.5 Å². The summed E-state index contributed by atoms with van der Waals surface area (Å²) >= 11 is 0. The van der Waals surface area contributed by atoms with Crippen LogP contribution in [0.5, 0.6) is 0 Å². The van der Waals surface area contributed by atoms with Gasteiger partial charge in [0.2, 0.25) is 0 Å². The first-order chi connectivity index (χ1) is 27.3. The molecule has 0 atom stereocenters. The maximum Gasteiger partial charge on any atom is 0.137 e. The van der Waals surface area contributed by atoms with E-state index in [9.17, 15) is 0 Å². The zero-order valence-corrected chi connectivity index (χ0v) is 29.8. The van der Waals surface area contributed by atoms with Crippen LogP contribution in [0.2, 0.25) is 0 Å². The van der Waals surface area contributed by atoms with E-state index in [1.165, 1.54) is 27.5 Å². The minimum Gasteiger partial charge on any atom is -0.456 e. The number of furan rings is 2. The second-order valence-electron chi connectivity index (χ2n) is 14.0. The van der Waals surface area contributed by atoms with E-state index in [2.05, 4.69) is 181 Å². The second kappa shape index (κ2) is 12.6. The molecule has 0 N–H and O–H groups in total. The monoisotopic (exact) mass is 703 g/mol. The van der Waals surface area contributed by atoms with Crippen molar-refractivity contribution in [2.24, 2.45) is 0 Å². The van der Waals surface area contributed by atoms with Crippen LogP contribution in [-0.4, -0.2) is 0 Å². The van der Waals surface area contributed by atoms with E-state index in [1.54, 1.807) is 0 Å². The van der Waals surface area contributed by atoms with Gasteiger partial charge in [0.05, 0.1) is 11.4 Å². The molecular formula is C52H33NO2. The molecule has 0 radical (unpaired) electrons. The lowest BCUT2D eigenvalue weighted by molar-refractivity contribution is 0.668. The lowest BCUT2D eigenvalue weighted by atomic mass is 9.90. The summed E-state index contributed by atoms with van der Waals surface area (Å²) in [7, 11) is 0. The summed E-state index contributed by atoms with van der Waals surface area (Å²) in [6, 6.07) is 71.0. The summed E-state index contributed by atoms with van der Waals surface area (Å²) in [6.45, 7) is 0. The highest BCUT2D eigenvalue weighted by molar-refractivity contribution is 6.15. The number of hydrogen-bond donors (Lipinski definition) is 0. The Balaban J connectivity index is 1.21. The highest BCUT2D eigenvalue weighted by Gasteiger charge is 2.24. The van der Waals surface area contributed by atoms with Gasteiger partial charge in [0.25, 0.3) is 0 Å². The molecule has 0 unspecified atom stereocenters. The maximum atomic E-state index is 6.52. The second-order valence-corrected chi connectivity index (χ2v) is 14.0. The Morgan fingerprint density at radius 1 is 0.309 bits per heavy atom. The highest BCUT2D eigenvalue weighted by atomic mass is 16.3. The van der Waals surface area contributed by atoms with Crippen molar-refractivity contribution < 1.29 is 8.83 Å². The zero-order chi connectivity index (χ0) is 36.3. The van der Waals surface area contributed by atoms with Crippen LogP contribution in [0.25, 0.3) is 88.0 Å². The average molecular weight is 704 g/mol. The standard InChI is InChI=1S/C52H33NO2/c1-2-15-34(16-3-1)37-23-12-17-35-18-13-24-42(51(35)37)38-19-4-8-26-45(38)53(36-31-32-41-40-21-6-10-28-47(40)55-50(41)33-36)46-27-9-5-20-39(46)43-25-14-30-49-52(43)44-22-7-11-29-48(44)54-49/h1-33H. The summed E-state index contributed by atoms with van der Waals surface area (Å²) in [6.07, 6.45) is 0. The third-order valence-electron chi connectivity index (χ3n) is 10.9. The fourth-order valence-corrected chi connectivity index (χ4v) is 8.48. The van der Waals surface area contributed by atoms with Crippen LogP contribution >= 0.6 is 0 Å². The molecule has 9 aromatic carbocycles. The average Bonchev–Trinajstić information content (AvgIpc) is 3.82. The van der Waals surface area contributed by atoms with E-state index in [4.69, 9.17) is 8.83 Å². The molecule has 0 aliphatic carbocycles. The predicted molar refractivity (Wildman–Crippen MR) is 229 cm³/mol. The van der Waals surface area contributed by atoms with E-state index in [-0.39, 0.29) is 0 Å². The number of fused-ring (bicyclic) bond motifs is 7. The molecule has 0 aliphatic rings. The van der Waals surface area contributed by atoms with Crippen LogP contribution in [0.3, 0.4) is 0 Å². The van der Waals surface area contributed by atoms with Crippen molar-refractivity contribution in [1.82, 2.24) is 0 Å². The first-order valence-corrected chi connectivity index (χ1v) is 18.7. The number of para-hydroxylation sites is 4. The molecule has 3 nitrogen and oxygen atoms in total. The van der Waals surface area contributed by atoms with Gasteiger partial charge in [0.1, 0.15) is 22.3 Å². The molecule has 11 aromatic rings. The molecule has 2 heterocycles. The molecule has 0 saturated carbocycles. The van der Waals surface area contributed by atoms with Gasteiger partial charge < -0.3 is 13.7 Å². The largest absolute Gasteiger partial charge is 0.456 e. The van der Waals surface area contributed by atoms with E-state index < -0.39 is 0 Å².